The van der Waals surface area contributed by atoms with Crippen LogP contribution in [0.4, 0.5) is 5.69 Å². The maximum absolute atomic E-state index is 12.3. The van der Waals surface area contributed by atoms with Gasteiger partial charge in [-0.25, -0.2) is 4.98 Å². The number of methoxy groups -OCH3 is 1. The summed E-state index contributed by atoms with van der Waals surface area (Å²) in [6.45, 7) is 1.48. The minimum Gasteiger partial charge on any atom is -0.385 e. The molecule has 0 aliphatic heterocycles. The summed E-state index contributed by atoms with van der Waals surface area (Å²) in [4.78, 5) is 30.1. The summed E-state index contributed by atoms with van der Waals surface area (Å²) < 4.78 is 4.94. The summed E-state index contributed by atoms with van der Waals surface area (Å²) in [6.07, 6.45) is 2.54. The molecule has 156 valence electrons. The van der Waals surface area contributed by atoms with Gasteiger partial charge in [0.1, 0.15) is 0 Å². The van der Waals surface area contributed by atoms with E-state index in [-0.39, 0.29) is 24.9 Å². The molecule has 0 aliphatic carbocycles. The Kier molecular flexibility index (Phi) is 10.2. The number of likely N-dealkylation sites (N-methyl/N-ethyl adjacent to an activating group) is 1. The van der Waals surface area contributed by atoms with Crippen molar-refractivity contribution in [1.82, 2.24) is 15.2 Å². The zero-order valence-electron chi connectivity index (χ0n) is 16.9. The van der Waals surface area contributed by atoms with Crippen LogP contribution in [-0.2, 0) is 20.1 Å². The second-order valence-corrected chi connectivity index (χ2v) is 7.57. The standard InChI is InChI=1S/C21H28N4O3S/c1-25(14-19(26)22-11-6-12-28-2)15-20(27)24-18-8-5-7-17(13-18)16-29-21-9-3-4-10-23-21/h3-5,7-10,13H,6,11-12,14-16H2,1-2H3,(H,22,26)(H,24,27). The average Bonchev–Trinajstić information content (AvgIpc) is 2.70. The van der Waals surface area contributed by atoms with Crippen LogP contribution in [0, 0.1) is 0 Å². The quantitative estimate of drug-likeness (QED) is 0.408. The summed E-state index contributed by atoms with van der Waals surface area (Å²) in [5.74, 6) is 0.503. The number of rotatable bonds is 12. The number of benzene rings is 1. The molecule has 0 unspecified atom stereocenters. The molecule has 1 aromatic heterocycles. The number of aromatic nitrogens is 1. The highest BCUT2D eigenvalue weighted by atomic mass is 32.2. The van der Waals surface area contributed by atoms with E-state index in [1.54, 1.807) is 37.0 Å². The van der Waals surface area contributed by atoms with Gasteiger partial charge >= 0.3 is 0 Å². The van der Waals surface area contributed by atoms with Crippen LogP contribution in [0.15, 0.2) is 53.7 Å². The van der Waals surface area contributed by atoms with Gasteiger partial charge in [0, 0.05) is 37.9 Å². The van der Waals surface area contributed by atoms with Gasteiger partial charge in [-0.2, -0.15) is 0 Å². The predicted molar refractivity (Wildman–Crippen MR) is 116 cm³/mol. The van der Waals surface area contributed by atoms with Crippen LogP contribution in [0.2, 0.25) is 0 Å². The zero-order valence-corrected chi connectivity index (χ0v) is 17.7. The molecule has 1 heterocycles. The van der Waals surface area contributed by atoms with Crippen molar-refractivity contribution in [2.24, 2.45) is 0 Å². The number of carbonyl (C=O) groups is 2. The fourth-order valence-corrected chi connectivity index (χ4v) is 3.38. The molecule has 2 amide bonds. The van der Waals surface area contributed by atoms with Gasteiger partial charge in [-0.05, 0) is 43.3 Å². The van der Waals surface area contributed by atoms with Crippen molar-refractivity contribution >= 4 is 29.3 Å². The van der Waals surface area contributed by atoms with E-state index < -0.39 is 0 Å². The smallest absolute Gasteiger partial charge is 0.238 e. The molecule has 7 nitrogen and oxygen atoms in total. The Morgan fingerprint density at radius 3 is 2.72 bits per heavy atom. The molecule has 2 N–H and O–H groups in total. The second-order valence-electron chi connectivity index (χ2n) is 6.57. The van der Waals surface area contributed by atoms with Gasteiger partial charge in [0.15, 0.2) is 0 Å². The van der Waals surface area contributed by atoms with Gasteiger partial charge in [0.25, 0.3) is 0 Å². The van der Waals surface area contributed by atoms with Crippen molar-refractivity contribution in [2.75, 3.05) is 45.7 Å². The molecule has 2 rings (SSSR count). The van der Waals surface area contributed by atoms with E-state index in [0.29, 0.717) is 13.2 Å². The molecule has 8 heteroatoms. The average molecular weight is 417 g/mol. The van der Waals surface area contributed by atoms with Gasteiger partial charge in [0.05, 0.1) is 18.1 Å². The van der Waals surface area contributed by atoms with Crippen LogP contribution in [0.5, 0.6) is 0 Å². The van der Waals surface area contributed by atoms with Crippen molar-refractivity contribution in [3.63, 3.8) is 0 Å². The van der Waals surface area contributed by atoms with Gasteiger partial charge in [-0.15, -0.1) is 11.8 Å². The van der Waals surface area contributed by atoms with Crippen LogP contribution in [0.1, 0.15) is 12.0 Å². The summed E-state index contributed by atoms with van der Waals surface area (Å²) in [5.41, 5.74) is 1.84. The Morgan fingerprint density at radius 1 is 1.14 bits per heavy atom. The van der Waals surface area contributed by atoms with Crippen molar-refractivity contribution < 1.29 is 14.3 Å². The fraction of sp³-hybridized carbons (Fsp3) is 0.381. The lowest BCUT2D eigenvalue weighted by atomic mass is 10.2. The number of anilines is 1. The number of hydrogen-bond acceptors (Lipinski definition) is 6. The van der Waals surface area contributed by atoms with E-state index in [9.17, 15) is 9.59 Å². The number of nitrogens with one attached hydrogen (secondary N) is 2. The summed E-state index contributed by atoms with van der Waals surface area (Å²) >= 11 is 1.64. The van der Waals surface area contributed by atoms with E-state index in [1.165, 1.54) is 0 Å². The molecule has 0 aliphatic rings. The van der Waals surface area contributed by atoms with E-state index >= 15 is 0 Å². The van der Waals surface area contributed by atoms with Gasteiger partial charge < -0.3 is 15.4 Å². The Balaban J connectivity index is 1.74. The molecule has 2 aromatic rings. The maximum Gasteiger partial charge on any atom is 0.238 e. The summed E-state index contributed by atoms with van der Waals surface area (Å²) in [5, 5.41) is 6.66. The van der Waals surface area contributed by atoms with Crippen LogP contribution >= 0.6 is 11.8 Å². The SMILES string of the molecule is COCCCNC(=O)CN(C)CC(=O)Nc1cccc(CSc2ccccn2)c1. The molecule has 0 spiro atoms. The van der Waals surface area contributed by atoms with Gasteiger partial charge in [-0.3, -0.25) is 14.5 Å². The number of ether oxygens (including phenoxy) is 1. The maximum atomic E-state index is 12.3. The molecule has 0 saturated heterocycles. The topological polar surface area (TPSA) is 83.6 Å². The van der Waals surface area contributed by atoms with Crippen molar-refractivity contribution in [1.29, 1.82) is 0 Å². The third-order valence-corrected chi connectivity index (χ3v) is 4.92. The van der Waals surface area contributed by atoms with Crippen LogP contribution < -0.4 is 10.6 Å². The monoisotopic (exact) mass is 416 g/mol. The number of hydrogen-bond donors (Lipinski definition) is 2. The lowest BCUT2D eigenvalue weighted by Gasteiger charge is -2.16. The number of nitrogens with zero attached hydrogens (tertiary/aromatic N) is 2. The molecule has 0 bridgehead atoms. The van der Waals surface area contributed by atoms with E-state index in [4.69, 9.17) is 4.74 Å². The van der Waals surface area contributed by atoms with Crippen molar-refractivity contribution in [2.45, 2.75) is 17.2 Å². The third kappa shape index (κ3) is 9.56. The zero-order chi connectivity index (χ0) is 20.9. The molecular weight excluding hydrogens is 388 g/mol. The third-order valence-electron chi connectivity index (χ3n) is 3.91. The Bertz CT molecular complexity index is 774. The largest absolute Gasteiger partial charge is 0.385 e. The fourth-order valence-electron chi connectivity index (χ4n) is 2.58. The first-order valence-corrected chi connectivity index (χ1v) is 10.4. The predicted octanol–water partition coefficient (Wildman–Crippen LogP) is 2.40. The molecule has 0 radical (unpaired) electrons. The highest BCUT2D eigenvalue weighted by molar-refractivity contribution is 7.98. The molecular formula is C21H28N4O3S. The highest BCUT2D eigenvalue weighted by Gasteiger charge is 2.11. The first-order valence-electron chi connectivity index (χ1n) is 9.43. The normalized spacial score (nSPS) is 10.7. The van der Waals surface area contributed by atoms with Crippen molar-refractivity contribution in [3.8, 4) is 0 Å². The Hall–Kier alpha value is -2.42. The lowest BCUT2D eigenvalue weighted by molar-refractivity contribution is -0.123. The van der Waals surface area contributed by atoms with Crippen LogP contribution in [0.25, 0.3) is 0 Å². The van der Waals surface area contributed by atoms with E-state index in [0.717, 1.165) is 28.5 Å². The van der Waals surface area contributed by atoms with Gasteiger partial charge in [-0.1, -0.05) is 18.2 Å². The number of amides is 2. The first-order chi connectivity index (χ1) is 14.1. The molecule has 0 fully saturated rings. The summed E-state index contributed by atoms with van der Waals surface area (Å²) in [6, 6.07) is 13.6. The van der Waals surface area contributed by atoms with Crippen molar-refractivity contribution in [3.05, 3.63) is 54.2 Å². The lowest BCUT2D eigenvalue weighted by Crippen LogP contribution is -2.39. The Labute approximate surface area is 176 Å². The van der Waals surface area contributed by atoms with Crippen LogP contribution in [0.3, 0.4) is 0 Å². The molecule has 0 atom stereocenters. The van der Waals surface area contributed by atoms with Gasteiger partial charge in [0.2, 0.25) is 11.8 Å². The molecule has 0 saturated carbocycles. The number of pyridine rings is 1. The molecule has 1 aromatic carbocycles. The van der Waals surface area contributed by atoms with Crippen LogP contribution in [-0.4, -0.2) is 62.1 Å². The minimum absolute atomic E-state index is 0.107. The second kappa shape index (κ2) is 12.9. The Morgan fingerprint density at radius 2 is 1.97 bits per heavy atom. The van der Waals surface area contributed by atoms with E-state index in [1.807, 2.05) is 42.5 Å². The minimum atomic E-state index is -0.158. The number of thioether (sulfide) groups is 1. The van der Waals surface area contributed by atoms with E-state index in [2.05, 4.69) is 15.6 Å². The molecule has 29 heavy (non-hydrogen) atoms. The summed E-state index contributed by atoms with van der Waals surface area (Å²) in [7, 11) is 3.37. The highest BCUT2D eigenvalue weighted by Crippen LogP contribution is 2.22. The first kappa shape index (κ1) is 22.9. The number of carbonyl (C=O) groups excluding carboxylic acids is 2.